The highest BCUT2D eigenvalue weighted by atomic mass is 32.2. The zero-order valence-electron chi connectivity index (χ0n) is 16.5. The molecule has 0 aromatic heterocycles. The van der Waals surface area contributed by atoms with Crippen LogP contribution < -0.4 is 5.32 Å². The van der Waals surface area contributed by atoms with E-state index in [0.717, 1.165) is 23.7 Å². The van der Waals surface area contributed by atoms with Gasteiger partial charge in [0.25, 0.3) is 0 Å². The summed E-state index contributed by atoms with van der Waals surface area (Å²) in [5.74, 6) is 2.53. The van der Waals surface area contributed by atoms with Crippen LogP contribution in [-0.4, -0.2) is 29.8 Å². The fourth-order valence-electron chi connectivity index (χ4n) is 3.78. The van der Waals surface area contributed by atoms with Crippen LogP contribution in [0.1, 0.15) is 29.0 Å². The summed E-state index contributed by atoms with van der Waals surface area (Å²) in [6, 6.07) is 30.0. The van der Waals surface area contributed by atoms with Crippen molar-refractivity contribution in [3.63, 3.8) is 0 Å². The highest BCUT2D eigenvalue weighted by Gasteiger charge is 2.34. The Morgan fingerprint density at radius 1 is 0.793 bits per heavy atom. The maximum atomic E-state index is 10.0. The Balaban J connectivity index is 1.49. The van der Waals surface area contributed by atoms with Crippen molar-refractivity contribution in [2.45, 2.75) is 16.4 Å². The molecule has 0 radical (unpaired) electrons. The zero-order chi connectivity index (χ0) is 19.9. The molecule has 0 atom stereocenters. The first-order valence-corrected chi connectivity index (χ1v) is 12.1. The standard InChI is InChI=1S/C25H27NOS2/c27-19-25(28-16-7-17-29-25)22-12-14-23(15-13-22)26-18-24(20-8-3-1-4-9-20)21-10-5-2-6-11-21/h1-6,8-15,24,26-27H,7,16-19H2. The summed E-state index contributed by atoms with van der Waals surface area (Å²) in [6.45, 7) is 1.02. The Hall–Kier alpha value is -1.88. The van der Waals surface area contributed by atoms with Crippen molar-refractivity contribution < 1.29 is 5.11 Å². The lowest BCUT2D eigenvalue weighted by Crippen LogP contribution is -2.26. The second kappa shape index (κ2) is 9.75. The molecule has 1 saturated heterocycles. The van der Waals surface area contributed by atoms with Crippen LogP contribution in [-0.2, 0) is 4.08 Å². The maximum Gasteiger partial charge on any atom is 0.109 e. The second-order valence-electron chi connectivity index (χ2n) is 7.29. The van der Waals surface area contributed by atoms with Crippen molar-refractivity contribution in [3.05, 3.63) is 102 Å². The van der Waals surface area contributed by atoms with Crippen molar-refractivity contribution in [1.82, 2.24) is 0 Å². The van der Waals surface area contributed by atoms with E-state index in [0.29, 0.717) is 5.92 Å². The third-order valence-corrected chi connectivity index (χ3v) is 8.76. The summed E-state index contributed by atoms with van der Waals surface area (Å²) in [7, 11) is 0. The summed E-state index contributed by atoms with van der Waals surface area (Å²) in [4.78, 5) is 0. The third kappa shape index (κ3) is 4.82. The fraction of sp³-hybridized carbons (Fsp3) is 0.280. The van der Waals surface area contributed by atoms with Crippen molar-refractivity contribution in [3.8, 4) is 0 Å². The number of anilines is 1. The molecular formula is C25H27NOS2. The number of hydrogen-bond donors (Lipinski definition) is 2. The first-order valence-electron chi connectivity index (χ1n) is 10.1. The summed E-state index contributed by atoms with van der Waals surface area (Å²) < 4.78 is -0.201. The monoisotopic (exact) mass is 421 g/mol. The van der Waals surface area contributed by atoms with Crippen molar-refractivity contribution in [1.29, 1.82) is 0 Å². The first kappa shape index (κ1) is 20.4. The largest absolute Gasteiger partial charge is 0.394 e. The number of thioether (sulfide) groups is 2. The van der Waals surface area contributed by atoms with Crippen LogP contribution in [0.4, 0.5) is 5.69 Å². The molecule has 1 heterocycles. The van der Waals surface area contributed by atoms with E-state index >= 15 is 0 Å². The Morgan fingerprint density at radius 3 is 1.86 bits per heavy atom. The van der Waals surface area contributed by atoms with Crippen LogP contribution in [0.5, 0.6) is 0 Å². The van der Waals surface area contributed by atoms with Crippen LogP contribution in [0.25, 0.3) is 0 Å². The van der Waals surface area contributed by atoms with Crippen LogP contribution in [0.2, 0.25) is 0 Å². The lowest BCUT2D eigenvalue weighted by Gasteiger charge is -2.34. The quantitative estimate of drug-likeness (QED) is 0.494. The lowest BCUT2D eigenvalue weighted by molar-refractivity contribution is 0.285. The molecule has 0 aliphatic carbocycles. The predicted molar refractivity (Wildman–Crippen MR) is 128 cm³/mol. The van der Waals surface area contributed by atoms with Gasteiger partial charge in [0.05, 0.1) is 6.61 Å². The smallest absolute Gasteiger partial charge is 0.109 e. The molecule has 1 aliphatic heterocycles. The molecule has 4 heteroatoms. The van der Waals surface area contributed by atoms with E-state index in [-0.39, 0.29) is 10.7 Å². The fourth-order valence-corrected chi connectivity index (χ4v) is 6.83. The van der Waals surface area contributed by atoms with Crippen molar-refractivity contribution in [2.24, 2.45) is 0 Å². The Labute approximate surface area is 182 Å². The van der Waals surface area contributed by atoms with E-state index in [4.69, 9.17) is 0 Å². The summed E-state index contributed by atoms with van der Waals surface area (Å²) in [5.41, 5.74) is 4.96. The molecule has 29 heavy (non-hydrogen) atoms. The van der Waals surface area contributed by atoms with Crippen LogP contribution in [0.3, 0.4) is 0 Å². The number of aliphatic hydroxyl groups is 1. The minimum absolute atomic E-state index is 0.180. The highest BCUT2D eigenvalue weighted by molar-refractivity contribution is 8.18. The van der Waals surface area contributed by atoms with Gasteiger partial charge in [0, 0.05) is 18.2 Å². The number of aliphatic hydroxyl groups excluding tert-OH is 1. The summed E-state index contributed by atoms with van der Waals surface area (Å²) in [6.07, 6.45) is 1.22. The third-order valence-electron chi connectivity index (χ3n) is 5.41. The Bertz CT molecular complexity index is 838. The molecule has 3 aromatic carbocycles. The highest BCUT2D eigenvalue weighted by Crippen LogP contribution is 2.49. The predicted octanol–water partition coefficient (Wildman–Crippen LogP) is 5.95. The molecule has 3 aromatic rings. The van der Waals surface area contributed by atoms with Gasteiger partial charge in [-0.25, -0.2) is 0 Å². The van der Waals surface area contributed by atoms with Crippen molar-refractivity contribution >= 4 is 29.2 Å². The molecule has 2 N–H and O–H groups in total. The molecular weight excluding hydrogens is 394 g/mol. The molecule has 2 nitrogen and oxygen atoms in total. The number of rotatable bonds is 7. The van der Waals surface area contributed by atoms with E-state index in [1.165, 1.54) is 23.1 Å². The van der Waals surface area contributed by atoms with Gasteiger partial charge in [-0.3, -0.25) is 0 Å². The Kier molecular flexibility index (Phi) is 6.86. The molecule has 0 saturated carbocycles. The lowest BCUT2D eigenvalue weighted by atomic mass is 9.91. The topological polar surface area (TPSA) is 32.3 Å². The minimum Gasteiger partial charge on any atom is -0.394 e. The van der Waals surface area contributed by atoms with E-state index in [1.54, 1.807) is 0 Å². The summed E-state index contributed by atoms with van der Waals surface area (Å²) in [5, 5.41) is 13.7. The minimum atomic E-state index is -0.201. The Morgan fingerprint density at radius 2 is 1.34 bits per heavy atom. The van der Waals surface area contributed by atoms with Gasteiger partial charge in [0.15, 0.2) is 0 Å². The van der Waals surface area contributed by atoms with Gasteiger partial charge in [0.2, 0.25) is 0 Å². The maximum absolute atomic E-state index is 10.0. The van der Waals surface area contributed by atoms with Crippen LogP contribution in [0, 0.1) is 0 Å². The number of hydrogen-bond acceptors (Lipinski definition) is 4. The van der Waals surface area contributed by atoms with Crippen LogP contribution >= 0.6 is 23.5 Å². The molecule has 0 unspecified atom stereocenters. The average molecular weight is 422 g/mol. The van der Waals surface area contributed by atoms with Gasteiger partial charge >= 0.3 is 0 Å². The van der Waals surface area contributed by atoms with Gasteiger partial charge in [0.1, 0.15) is 4.08 Å². The van der Waals surface area contributed by atoms with Gasteiger partial charge in [-0.05, 0) is 46.7 Å². The molecule has 0 bridgehead atoms. The molecule has 1 aliphatic rings. The van der Waals surface area contributed by atoms with E-state index in [9.17, 15) is 5.11 Å². The molecule has 150 valence electrons. The first-order chi connectivity index (χ1) is 14.3. The molecule has 1 fully saturated rings. The second-order valence-corrected chi connectivity index (χ2v) is 10.3. The molecule has 0 amide bonds. The van der Waals surface area contributed by atoms with E-state index in [1.807, 2.05) is 23.5 Å². The van der Waals surface area contributed by atoms with Crippen LogP contribution in [0.15, 0.2) is 84.9 Å². The van der Waals surface area contributed by atoms with Gasteiger partial charge in [-0.2, -0.15) is 0 Å². The average Bonchev–Trinajstić information content (AvgIpc) is 2.81. The normalized spacial score (nSPS) is 15.9. The molecule has 4 rings (SSSR count). The van der Waals surface area contributed by atoms with E-state index < -0.39 is 0 Å². The van der Waals surface area contributed by atoms with Gasteiger partial charge in [-0.15, -0.1) is 23.5 Å². The van der Waals surface area contributed by atoms with Gasteiger partial charge in [-0.1, -0.05) is 72.8 Å². The van der Waals surface area contributed by atoms with E-state index in [2.05, 4.69) is 90.2 Å². The zero-order valence-corrected chi connectivity index (χ0v) is 18.1. The number of nitrogens with one attached hydrogen (secondary N) is 1. The van der Waals surface area contributed by atoms with Crippen molar-refractivity contribution in [2.75, 3.05) is 30.0 Å². The summed E-state index contributed by atoms with van der Waals surface area (Å²) >= 11 is 3.75. The van der Waals surface area contributed by atoms with Gasteiger partial charge < -0.3 is 10.4 Å². The SMILES string of the molecule is OCC1(c2ccc(NCC(c3ccccc3)c3ccccc3)cc2)SCCCS1. The molecule has 0 spiro atoms. The number of benzene rings is 3.